The Morgan fingerprint density at radius 2 is 2.05 bits per heavy atom. The molecule has 102 valence electrons. The molecule has 1 aliphatic rings. The molecule has 0 aromatic heterocycles. The predicted octanol–water partition coefficient (Wildman–Crippen LogP) is 3.34. The minimum absolute atomic E-state index is 0.00641. The molecule has 0 saturated heterocycles. The second kappa shape index (κ2) is 5.43. The molecule has 2 rings (SSSR count). The van der Waals surface area contributed by atoms with Gasteiger partial charge in [0.25, 0.3) is 0 Å². The van der Waals surface area contributed by atoms with Gasteiger partial charge in [0.1, 0.15) is 0 Å². The van der Waals surface area contributed by atoms with Crippen molar-refractivity contribution in [2.45, 2.75) is 45.1 Å². The Labute approximate surface area is 113 Å². The van der Waals surface area contributed by atoms with Crippen molar-refractivity contribution in [3.63, 3.8) is 0 Å². The molecule has 0 unspecified atom stereocenters. The van der Waals surface area contributed by atoms with E-state index in [9.17, 15) is 9.59 Å². The number of carbonyl (C=O) groups excluding carboxylic acids is 2. The van der Waals surface area contributed by atoms with Crippen LogP contribution in [0.4, 0.5) is 10.5 Å². The van der Waals surface area contributed by atoms with Gasteiger partial charge >= 0.3 is 6.03 Å². The van der Waals surface area contributed by atoms with E-state index in [-0.39, 0.29) is 17.4 Å². The van der Waals surface area contributed by atoms with E-state index in [4.69, 9.17) is 0 Å². The molecular weight excluding hydrogens is 240 g/mol. The van der Waals surface area contributed by atoms with Gasteiger partial charge in [-0.25, -0.2) is 4.79 Å². The molecule has 1 aromatic rings. The van der Waals surface area contributed by atoms with Crippen LogP contribution in [0, 0.1) is 0 Å². The lowest BCUT2D eigenvalue weighted by molar-refractivity contribution is 0.101. The van der Waals surface area contributed by atoms with Gasteiger partial charge in [0.05, 0.1) is 0 Å². The topological polar surface area (TPSA) is 58.2 Å². The minimum atomic E-state index is -0.192. The van der Waals surface area contributed by atoms with E-state index >= 15 is 0 Å². The molecular formula is C15H20N2O2. The van der Waals surface area contributed by atoms with E-state index in [1.54, 1.807) is 24.3 Å². The maximum atomic E-state index is 12.0. The quantitative estimate of drug-likeness (QED) is 0.816. The molecule has 0 bridgehead atoms. The van der Waals surface area contributed by atoms with Gasteiger partial charge in [-0.3, -0.25) is 4.79 Å². The Morgan fingerprint density at radius 3 is 2.58 bits per heavy atom. The molecule has 1 saturated carbocycles. The van der Waals surface area contributed by atoms with E-state index in [1.807, 2.05) is 0 Å². The normalized spacial score (nSPS) is 16.3. The smallest absolute Gasteiger partial charge is 0.319 e. The van der Waals surface area contributed by atoms with E-state index in [2.05, 4.69) is 17.6 Å². The summed E-state index contributed by atoms with van der Waals surface area (Å²) in [7, 11) is 0. The SMILES string of the molecule is CCC1(NC(=O)Nc2cccc(C(C)=O)c2)CCC1. The largest absolute Gasteiger partial charge is 0.332 e. The highest BCUT2D eigenvalue weighted by Crippen LogP contribution is 2.34. The van der Waals surface area contributed by atoms with Gasteiger partial charge in [-0.05, 0) is 44.7 Å². The molecule has 2 N–H and O–H groups in total. The summed E-state index contributed by atoms with van der Waals surface area (Å²) in [6, 6.07) is 6.80. The number of urea groups is 1. The number of benzene rings is 1. The fourth-order valence-electron chi connectivity index (χ4n) is 2.39. The maximum Gasteiger partial charge on any atom is 0.319 e. The van der Waals surface area contributed by atoms with Crippen molar-refractivity contribution in [3.8, 4) is 0 Å². The van der Waals surface area contributed by atoms with E-state index in [0.717, 1.165) is 19.3 Å². The summed E-state index contributed by atoms with van der Waals surface area (Å²) in [5.74, 6) is -0.00641. The van der Waals surface area contributed by atoms with E-state index in [1.165, 1.54) is 13.3 Å². The van der Waals surface area contributed by atoms with Gasteiger partial charge in [0, 0.05) is 16.8 Å². The standard InChI is InChI=1S/C15H20N2O2/c1-3-15(8-5-9-15)17-14(19)16-13-7-4-6-12(10-13)11(2)18/h4,6-7,10H,3,5,8-9H2,1-2H3,(H2,16,17,19). The summed E-state index contributed by atoms with van der Waals surface area (Å²) >= 11 is 0. The lowest BCUT2D eigenvalue weighted by Crippen LogP contribution is -2.54. The van der Waals surface area contributed by atoms with Crippen LogP contribution in [0.25, 0.3) is 0 Å². The van der Waals surface area contributed by atoms with Crippen LogP contribution in [-0.2, 0) is 0 Å². The van der Waals surface area contributed by atoms with Crippen LogP contribution in [-0.4, -0.2) is 17.4 Å². The molecule has 0 aliphatic heterocycles. The van der Waals surface area contributed by atoms with Gasteiger partial charge in [0.15, 0.2) is 5.78 Å². The Balaban J connectivity index is 1.99. The number of anilines is 1. The average molecular weight is 260 g/mol. The van der Waals surface area contributed by atoms with Gasteiger partial charge in [0.2, 0.25) is 0 Å². The molecule has 0 atom stereocenters. The Morgan fingerprint density at radius 1 is 1.32 bits per heavy atom. The number of hydrogen-bond acceptors (Lipinski definition) is 2. The third-order valence-electron chi connectivity index (χ3n) is 3.89. The molecule has 0 heterocycles. The highest BCUT2D eigenvalue weighted by molar-refractivity contribution is 5.96. The monoisotopic (exact) mass is 260 g/mol. The highest BCUT2D eigenvalue weighted by atomic mass is 16.2. The van der Waals surface area contributed by atoms with Crippen LogP contribution in [0.5, 0.6) is 0 Å². The van der Waals surface area contributed by atoms with Crippen LogP contribution in [0.1, 0.15) is 49.9 Å². The van der Waals surface area contributed by atoms with Gasteiger partial charge in [-0.1, -0.05) is 19.1 Å². The molecule has 1 fully saturated rings. The van der Waals surface area contributed by atoms with Crippen LogP contribution >= 0.6 is 0 Å². The predicted molar refractivity (Wildman–Crippen MR) is 75.5 cm³/mol. The first-order valence-corrected chi connectivity index (χ1v) is 6.75. The highest BCUT2D eigenvalue weighted by Gasteiger charge is 2.36. The van der Waals surface area contributed by atoms with Crippen LogP contribution in [0.15, 0.2) is 24.3 Å². The summed E-state index contributed by atoms with van der Waals surface area (Å²) in [5.41, 5.74) is 1.23. The van der Waals surface area contributed by atoms with Crippen molar-refractivity contribution < 1.29 is 9.59 Å². The van der Waals surface area contributed by atoms with E-state index in [0.29, 0.717) is 11.3 Å². The summed E-state index contributed by atoms with van der Waals surface area (Å²) in [6.07, 6.45) is 4.22. The number of Topliss-reactive ketones (excluding diaryl/α,β-unsaturated/α-hetero) is 1. The van der Waals surface area contributed by atoms with Crippen molar-refractivity contribution >= 4 is 17.5 Å². The third-order valence-corrected chi connectivity index (χ3v) is 3.89. The Hall–Kier alpha value is -1.84. The first-order chi connectivity index (χ1) is 9.04. The van der Waals surface area contributed by atoms with Crippen LogP contribution in [0.3, 0.4) is 0 Å². The fourth-order valence-corrected chi connectivity index (χ4v) is 2.39. The second-order valence-corrected chi connectivity index (χ2v) is 5.20. The number of ketones is 1. The van der Waals surface area contributed by atoms with E-state index < -0.39 is 0 Å². The summed E-state index contributed by atoms with van der Waals surface area (Å²) in [4.78, 5) is 23.2. The molecule has 4 heteroatoms. The van der Waals surface area contributed by atoms with Crippen molar-refractivity contribution in [3.05, 3.63) is 29.8 Å². The fraction of sp³-hybridized carbons (Fsp3) is 0.467. The average Bonchev–Trinajstić information content (AvgIpc) is 2.34. The molecule has 4 nitrogen and oxygen atoms in total. The third kappa shape index (κ3) is 3.13. The molecule has 1 aromatic carbocycles. The second-order valence-electron chi connectivity index (χ2n) is 5.20. The summed E-state index contributed by atoms with van der Waals surface area (Å²) in [6.45, 7) is 3.61. The lowest BCUT2D eigenvalue weighted by Gasteiger charge is -2.41. The first kappa shape index (κ1) is 13.6. The van der Waals surface area contributed by atoms with Crippen LogP contribution in [0.2, 0.25) is 0 Å². The Bertz CT molecular complexity index is 487. The van der Waals surface area contributed by atoms with Gasteiger partial charge < -0.3 is 10.6 Å². The van der Waals surface area contributed by atoms with Crippen molar-refractivity contribution in [1.82, 2.24) is 5.32 Å². The Kier molecular flexibility index (Phi) is 3.88. The molecule has 19 heavy (non-hydrogen) atoms. The molecule has 0 radical (unpaired) electrons. The van der Waals surface area contributed by atoms with Crippen LogP contribution < -0.4 is 10.6 Å². The van der Waals surface area contributed by atoms with Gasteiger partial charge in [-0.15, -0.1) is 0 Å². The molecule has 1 aliphatic carbocycles. The minimum Gasteiger partial charge on any atom is -0.332 e. The van der Waals surface area contributed by atoms with Crippen molar-refractivity contribution in [2.24, 2.45) is 0 Å². The summed E-state index contributed by atoms with van der Waals surface area (Å²) < 4.78 is 0. The van der Waals surface area contributed by atoms with Gasteiger partial charge in [-0.2, -0.15) is 0 Å². The number of carbonyl (C=O) groups is 2. The zero-order valence-electron chi connectivity index (χ0n) is 11.5. The maximum absolute atomic E-state index is 12.0. The molecule has 0 spiro atoms. The number of hydrogen-bond donors (Lipinski definition) is 2. The zero-order valence-corrected chi connectivity index (χ0v) is 11.5. The molecule has 2 amide bonds. The van der Waals surface area contributed by atoms with Crippen molar-refractivity contribution in [1.29, 1.82) is 0 Å². The number of nitrogens with one attached hydrogen (secondary N) is 2. The first-order valence-electron chi connectivity index (χ1n) is 6.75. The zero-order chi connectivity index (χ0) is 13.9. The number of rotatable bonds is 4. The van der Waals surface area contributed by atoms with Crippen molar-refractivity contribution in [2.75, 3.05) is 5.32 Å². The number of amides is 2. The summed E-state index contributed by atoms with van der Waals surface area (Å²) in [5, 5.41) is 5.83. The lowest BCUT2D eigenvalue weighted by atomic mass is 9.75.